The van der Waals surface area contributed by atoms with Gasteiger partial charge < -0.3 is 0 Å². The molecule has 0 N–H and O–H groups in total. The summed E-state index contributed by atoms with van der Waals surface area (Å²) in [7, 11) is 0. The van der Waals surface area contributed by atoms with Crippen LogP contribution in [-0.2, 0) is 0 Å². The van der Waals surface area contributed by atoms with Crippen LogP contribution < -0.4 is 0 Å². The maximum atomic E-state index is 2.39. The zero-order valence-corrected chi connectivity index (χ0v) is 6.98. The summed E-state index contributed by atoms with van der Waals surface area (Å²) in [6.45, 7) is 4.47. The van der Waals surface area contributed by atoms with Gasteiger partial charge in [-0.25, -0.2) is 0 Å². The summed E-state index contributed by atoms with van der Waals surface area (Å²) in [6.07, 6.45) is 9.70. The molecule has 0 atom stereocenters. The fraction of sp³-hybridized carbons (Fsp3) is 0.600. The molecule has 0 bridgehead atoms. The molecule has 0 saturated carbocycles. The molecule has 0 aliphatic heterocycles. The van der Waals surface area contributed by atoms with Gasteiger partial charge in [-0.15, -0.1) is 0 Å². The molecule has 10 heavy (non-hydrogen) atoms. The van der Waals surface area contributed by atoms with Gasteiger partial charge in [-0.2, -0.15) is 0 Å². The summed E-state index contributed by atoms with van der Waals surface area (Å²) in [6, 6.07) is 0. The van der Waals surface area contributed by atoms with E-state index in [0.717, 1.165) is 0 Å². The summed E-state index contributed by atoms with van der Waals surface area (Å²) in [5.41, 5.74) is 3.16. The Hall–Kier alpha value is -0.520. The van der Waals surface area contributed by atoms with E-state index >= 15 is 0 Å². The van der Waals surface area contributed by atoms with Crippen LogP contribution in [-0.4, -0.2) is 0 Å². The molecular weight excluding hydrogens is 120 g/mol. The van der Waals surface area contributed by atoms with Crippen LogP contribution in [0.5, 0.6) is 0 Å². The smallest absolute Gasteiger partial charge is 0.0308 e. The monoisotopic (exact) mass is 136 g/mol. The number of allylic oxidation sites excluding steroid dienone is 4. The standard InChI is InChI=1S/C10H16/c1-3-9-7-5-6-8-10(9)4-2/h7-8H,3-6H2,1-2H3. The van der Waals surface area contributed by atoms with Crippen molar-refractivity contribution in [1.29, 1.82) is 0 Å². The third-order valence-electron chi connectivity index (χ3n) is 2.12. The lowest BCUT2D eigenvalue weighted by Gasteiger charge is -2.12. The van der Waals surface area contributed by atoms with Crippen molar-refractivity contribution >= 4 is 0 Å². The molecule has 0 heteroatoms. The van der Waals surface area contributed by atoms with E-state index in [-0.39, 0.29) is 0 Å². The molecule has 0 unspecified atom stereocenters. The van der Waals surface area contributed by atoms with Gasteiger partial charge in [0.2, 0.25) is 0 Å². The van der Waals surface area contributed by atoms with Gasteiger partial charge in [-0.3, -0.25) is 0 Å². The minimum absolute atomic E-state index is 1.21. The van der Waals surface area contributed by atoms with Crippen molar-refractivity contribution in [3.05, 3.63) is 23.3 Å². The number of hydrogen-bond donors (Lipinski definition) is 0. The fourth-order valence-electron chi connectivity index (χ4n) is 1.52. The Kier molecular flexibility index (Phi) is 2.73. The Balaban J connectivity index is 2.67. The summed E-state index contributed by atoms with van der Waals surface area (Å²) in [4.78, 5) is 0. The van der Waals surface area contributed by atoms with E-state index in [9.17, 15) is 0 Å². The van der Waals surface area contributed by atoms with Crippen molar-refractivity contribution in [2.24, 2.45) is 0 Å². The highest BCUT2D eigenvalue weighted by Crippen LogP contribution is 2.23. The van der Waals surface area contributed by atoms with E-state index in [0.29, 0.717) is 0 Å². The fourth-order valence-corrected chi connectivity index (χ4v) is 1.52. The molecule has 1 aliphatic carbocycles. The van der Waals surface area contributed by atoms with Crippen LogP contribution in [0.1, 0.15) is 39.5 Å². The third-order valence-corrected chi connectivity index (χ3v) is 2.12. The molecule has 0 aromatic heterocycles. The first-order valence-corrected chi connectivity index (χ1v) is 4.27. The van der Waals surface area contributed by atoms with E-state index in [2.05, 4.69) is 26.0 Å². The van der Waals surface area contributed by atoms with Crippen LogP contribution in [0.25, 0.3) is 0 Å². The third kappa shape index (κ3) is 1.50. The Morgan fingerprint density at radius 2 is 1.40 bits per heavy atom. The second-order valence-electron chi connectivity index (χ2n) is 2.74. The first-order chi connectivity index (χ1) is 4.88. The lowest BCUT2D eigenvalue weighted by atomic mass is 9.94. The van der Waals surface area contributed by atoms with Gasteiger partial charge in [0.1, 0.15) is 0 Å². The van der Waals surface area contributed by atoms with E-state index in [1.54, 1.807) is 11.1 Å². The first-order valence-electron chi connectivity index (χ1n) is 4.27. The average Bonchev–Trinajstić information content (AvgIpc) is 2.04. The minimum Gasteiger partial charge on any atom is -0.0808 e. The summed E-state index contributed by atoms with van der Waals surface area (Å²) in [5.74, 6) is 0. The summed E-state index contributed by atoms with van der Waals surface area (Å²) >= 11 is 0. The topological polar surface area (TPSA) is 0 Å². The van der Waals surface area contributed by atoms with Gasteiger partial charge in [-0.1, -0.05) is 26.0 Å². The first kappa shape index (κ1) is 7.59. The quantitative estimate of drug-likeness (QED) is 0.545. The van der Waals surface area contributed by atoms with Crippen LogP contribution in [0.2, 0.25) is 0 Å². The molecule has 0 radical (unpaired) electrons. The van der Waals surface area contributed by atoms with Crippen molar-refractivity contribution in [3.63, 3.8) is 0 Å². The number of hydrogen-bond acceptors (Lipinski definition) is 0. The van der Waals surface area contributed by atoms with Gasteiger partial charge in [-0.05, 0) is 36.8 Å². The van der Waals surface area contributed by atoms with Gasteiger partial charge in [0, 0.05) is 0 Å². The zero-order chi connectivity index (χ0) is 7.40. The normalized spacial score (nSPS) is 18.2. The lowest BCUT2D eigenvalue weighted by molar-refractivity contribution is 0.915. The summed E-state index contributed by atoms with van der Waals surface area (Å²) < 4.78 is 0. The van der Waals surface area contributed by atoms with Gasteiger partial charge in [0.05, 0.1) is 0 Å². The molecule has 1 rings (SSSR count). The predicted octanol–water partition coefficient (Wildman–Crippen LogP) is 3.45. The van der Waals surface area contributed by atoms with E-state index in [4.69, 9.17) is 0 Å². The molecule has 0 spiro atoms. The predicted molar refractivity (Wildman–Crippen MR) is 46.0 cm³/mol. The van der Waals surface area contributed by atoms with E-state index in [1.165, 1.54) is 25.7 Å². The highest BCUT2D eigenvalue weighted by Gasteiger charge is 2.03. The second kappa shape index (κ2) is 3.60. The number of rotatable bonds is 2. The molecule has 0 heterocycles. The van der Waals surface area contributed by atoms with Crippen molar-refractivity contribution in [3.8, 4) is 0 Å². The van der Waals surface area contributed by atoms with E-state index in [1.807, 2.05) is 0 Å². The van der Waals surface area contributed by atoms with Crippen LogP contribution >= 0.6 is 0 Å². The maximum Gasteiger partial charge on any atom is -0.0308 e. The van der Waals surface area contributed by atoms with Crippen molar-refractivity contribution < 1.29 is 0 Å². The van der Waals surface area contributed by atoms with Crippen LogP contribution in [0.3, 0.4) is 0 Å². The van der Waals surface area contributed by atoms with Crippen molar-refractivity contribution in [1.82, 2.24) is 0 Å². The maximum absolute atomic E-state index is 2.39. The molecule has 1 aliphatic rings. The Bertz CT molecular complexity index is 141. The Labute approximate surface area is 63.6 Å². The average molecular weight is 136 g/mol. The highest BCUT2D eigenvalue weighted by molar-refractivity contribution is 5.32. The van der Waals surface area contributed by atoms with E-state index < -0.39 is 0 Å². The van der Waals surface area contributed by atoms with Crippen LogP contribution in [0, 0.1) is 0 Å². The molecule has 0 amide bonds. The molecule has 0 saturated heterocycles. The zero-order valence-electron chi connectivity index (χ0n) is 6.98. The highest BCUT2D eigenvalue weighted by atomic mass is 14.1. The molecule has 56 valence electrons. The Morgan fingerprint density at radius 3 is 1.70 bits per heavy atom. The van der Waals surface area contributed by atoms with Crippen molar-refractivity contribution in [2.45, 2.75) is 39.5 Å². The molecule has 0 fully saturated rings. The van der Waals surface area contributed by atoms with Gasteiger partial charge in [0.15, 0.2) is 0 Å². The van der Waals surface area contributed by atoms with Crippen LogP contribution in [0.4, 0.5) is 0 Å². The van der Waals surface area contributed by atoms with Crippen LogP contribution in [0.15, 0.2) is 23.3 Å². The van der Waals surface area contributed by atoms with Gasteiger partial charge >= 0.3 is 0 Å². The summed E-state index contributed by atoms with van der Waals surface area (Å²) in [5, 5.41) is 0. The largest absolute Gasteiger partial charge is 0.0808 e. The van der Waals surface area contributed by atoms with Crippen molar-refractivity contribution in [2.75, 3.05) is 0 Å². The molecule has 0 aromatic rings. The molecule has 0 aromatic carbocycles. The molecule has 0 nitrogen and oxygen atoms in total. The molecular formula is C10H16. The lowest BCUT2D eigenvalue weighted by Crippen LogP contribution is -1.92. The Morgan fingerprint density at radius 1 is 1.00 bits per heavy atom. The minimum atomic E-state index is 1.21. The SMILES string of the molecule is CCC1=CCCC=C1CC. The van der Waals surface area contributed by atoms with Gasteiger partial charge in [0.25, 0.3) is 0 Å². The second-order valence-corrected chi connectivity index (χ2v) is 2.74.